The monoisotopic (exact) mass is 365 g/mol. The number of carbonyl (C=O) groups excluding carboxylic acids is 1. The van der Waals surface area contributed by atoms with Gasteiger partial charge in [-0.1, -0.05) is 30.3 Å². The highest BCUT2D eigenvalue weighted by Gasteiger charge is 2.29. The molecule has 0 aliphatic carbocycles. The van der Waals surface area contributed by atoms with E-state index in [4.69, 9.17) is 9.15 Å². The number of hydrogen-bond acceptors (Lipinski definition) is 5. The number of rotatable bonds is 5. The van der Waals surface area contributed by atoms with E-state index in [-0.39, 0.29) is 11.5 Å². The lowest BCUT2D eigenvalue weighted by molar-refractivity contribution is 0.103. The molecule has 1 aliphatic heterocycles. The molecule has 0 spiro atoms. The highest BCUT2D eigenvalue weighted by Crippen LogP contribution is 2.42. The molecule has 1 saturated heterocycles. The number of phenols is 1. The van der Waals surface area contributed by atoms with E-state index >= 15 is 0 Å². The zero-order valence-corrected chi connectivity index (χ0v) is 15.4. The van der Waals surface area contributed by atoms with Gasteiger partial charge in [-0.2, -0.15) is 0 Å². The zero-order valence-electron chi connectivity index (χ0n) is 15.4. The maximum absolute atomic E-state index is 13.4. The molecular formula is C22H23NO4. The first-order valence-electron chi connectivity index (χ1n) is 9.46. The number of carbonyl (C=O) groups is 1. The van der Waals surface area contributed by atoms with Gasteiger partial charge in [0.2, 0.25) is 5.88 Å². The van der Waals surface area contributed by atoms with Crippen LogP contribution in [0.15, 0.2) is 46.9 Å². The van der Waals surface area contributed by atoms with Gasteiger partial charge in [-0.3, -0.25) is 4.79 Å². The molecule has 0 amide bonds. The molecular weight excluding hydrogens is 342 g/mol. The third-order valence-electron chi connectivity index (χ3n) is 4.93. The van der Waals surface area contributed by atoms with Gasteiger partial charge in [0.1, 0.15) is 17.1 Å². The van der Waals surface area contributed by atoms with Gasteiger partial charge in [-0.25, -0.2) is 0 Å². The summed E-state index contributed by atoms with van der Waals surface area (Å²) in [7, 11) is 0. The van der Waals surface area contributed by atoms with Crippen LogP contribution in [0.3, 0.4) is 0 Å². The fourth-order valence-corrected chi connectivity index (χ4v) is 3.70. The topological polar surface area (TPSA) is 62.9 Å². The minimum Gasteiger partial charge on any atom is -0.508 e. The number of nitrogens with zero attached hydrogens (tertiary/aromatic N) is 1. The van der Waals surface area contributed by atoms with Crippen molar-refractivity contribution < 1.29 is 19.1 Å². The van der Waals surface area contributed by atoms with E-state index in [9.17, 15) is 9.90 Å². The number of phenolic OH excluding ortho intramolecular Hbond substituents is 1. The van der Waals surface area contributed by atoms with Gasteiger partial charge in [-0.05, 0) is 26.2 Å². The molecule has 0 radical (unpaired) electrons. The van der Waals surface area contributed by atoms with Crippen molar-refractivity contribution >= 4 is 22.6 Å². The molecule has 27 heavy (non-hydrogen) atoms. The van der Waals surface area contributed by atoms with E-state index in [1.165, 1.54) is 6.42 Å². The molecule has 1 aliphatic rings. The predicted molar refractivity (Wildman–Crippen MR) is 105 cm³/mol. The number of anilines is 1. The number of aromatic hydroxyl groups is 1. The van der Waals surface area contributed by atoms with Crippen LogP contribution in [0.2, 0.25) is 0 Å². The van der Waals surface area contributed by atoms with E-state index in [1.807, 2.05) is 37.3 Å². The van der Waals surface area contributed by atoms with Crippen molar-refractivity contribution in [2.45, 2.75) is 26.2 Å². The lowest BCUT2D eigenvalue weighted by Crippen LogP contribution is -2.30. The molecule has 2 heterocycles. The maximum Gasteiger partial charge on any atom is 0.208 e. The third kappa shape index (κ3) is 3.25. The van der Waals surface area contributed by atoms with Crippen molar-refractivity contribution in [3.63, 3.8) is 0 Å². The van der Waals surface area contributed by atoms with Gasteiger partial charge in [0.15, 0.2) is 5.78 Å². The lowest BCUT2D eigenvalue weighted by atomic mass is 10.00. The number of piperidine rings is 1. The smallest absolute Gasteiger partial charge is 0.208 e. The van der Waals surface area contributed by atoms with Crippen LogP contribution in [-0.4, -0.2) is 30.6 Å². The van der Waals surface area contributed by atoms with E-state index in [2.05, 4.69) is 4.90 Å². The second kappa shape index (κ2) is 7.35. The molecule has 0 bridgehead atoms. The number of fused-ring (bicyclic) bond motifs is 1. The summed E-state index contributed by atoms with van der Waals surface area (Å²) in [5.74, 6) is 1.01. The van der Waals surface area contributed by atoms with Crippen LogP contribution in [0.1, 0.15) is 42.1 Å². The predicted octanol–water partition coefficient (Wildman–Crippen LogP) is 4.76. The third-order valence-corrected chi connectivity index (χ3v) is 4.93. The van der Waals surface area contributed by atoms with Crippen molar-refractivity contribution in [3.8, 4) is 11.5 Å². The van der Waals surface area contributed by atoms with Gasteiger partial charge in [0.25, 0.3) is 0 Å². The Balaban J connectivity index is 1.95. The number of ether oxygens (including phenoxy) is 1. The van der Waals surface area contributed by atoms with Crippen LogP contribution in [0.25, 0.3) is 11.0 Å². The van der Waals surface area contributed by atoms with Crippen LogP contribution in [-0.2, 0) is 0 Å². The Bertz CT molecular complexity index is 955. The van der Waals surface area contributed by atoms with Crippen LogP contribution in [0, 0.1) is 0 Å². The summed E-state index contributed by atoms with van der Waals surface area (Å²) in [4.78, 5) is 15.6. The van der Waals surface area contributed by atoms with Gasteiger partial charge >= 0.3 is 0 Å². The van der Waals surface area contributed by atoms with Crippen molar-refractivity contribution in [3.05, 3.63) is 53.6 Å². The number of furan rings is 1. The lowest BCUT2D eigenvalue weighted by Gasteiger charge is -2.27. The highest BCUT2D eigenvalue weighted by atomic mass is 16.5. The molecule has 0 atom stereocenters. The summed E-state index contributed by atoms with van der Waals surface area (Å²) in [6.45, 7) is 4.01. The molecule has 1 aromatic heterocycles. The largest absolute Gasteiger partial charge is 0.508 e. The molecule has 0 unspecified atom stereocenters. The Hall–Kier alpha value is -2.95. The highest BCUT2D eigenvalue weighted by molar-refractivity contribution is 6.20. The van der Waals surface area contributed by atoms with Gasteiger partial charge in [-0.15, -0.1) is 0 Å². The molecule has 5 nitrogen and oxygen atoms in total. The zero-order chi connectivity index (χ0) is 18.8. The van der Waals surface area contributed by atoms with Crippen molar-refractivity contribution in [1.29, 1.82) is 0 Å². The molecule has 4 rings (SSSR count). The quantitative estimate of drug-likeness (QED) is 0.661. The average Bonchev–Trinajstić information content (AvgIpc) is 3.08. The molecule has 3 aromatic rings. The Morgan fingerprint density at radius 1 is 1.15 bits per heavy atom. The molecule has 0 saturated carbocycles. The number of ketones is 1. The number of benzene rings is 2. The Morgan fingerprint density at radius 2 is 1.89 bits per heavy atom. The van der Waals surface area contributed by atoms with E-state index in [0.717, 1.165) is 25.9 Å². The minimum atomic E-state index is -0.0958. The molecule has 1 fully saturated rings. The summed E-state index contributed by atoms with van der Waals surface area (Å²) in [6.07, 6.45) is 3.32. The van der Waals surface area contributed by atoms with Crippen LogP contribution in [0.4, 0.5) is 5.88 Å². The first kappa shape index (κ1) is 17.5. The van der Waals surface area contributed by atoms with Gasteiger partial charge in [0.05, 0.1) is 17.6 Å². The van der Waals surface area contributed by atoms with Crippen LogP contribution < -0.4 is 9.64 Å². The Morgan fingerprint density at radius 3 is 2.59 bits per heavy atom. The van der Waals surface area contributed by atoms with Crippen molar-refractivity contribution in [2.75, 3.05) is 24.6 Å². The second-order valence-corrected chi connectivity index (χ2v) is 6.78. The fraction of sp³-hybridized carbons (Fsp3) is 0.318. The van der Waals surface area contributed by atoms with Crippen LogP contribution >= 0.6 is 0 Å². The minimum absolute atomic E-state index is 0.0589. The summed E-state index contributed by atoms with van der Waals surface area (Å²) in [6, 6.07) is 12.3. The van der Waals surface area contributed by atoms with Gasteiger partial charge < -0.3 is 19.2 Å². The SMILES string of the molecule is CCOc1cc(O)cc2oc(N3CCCCC3)c(C(=O)c3ccccc3)c12. The fourth-order valence-electron chi connectivity index (χ4n) is 3.70. The van der Waals surface area contributed by atoms with Crippen LogP contribution in [0.5, 0.6) is 11.5 Å². The molecule has 2 aromatic carbocycles. The van der Waals surface area contributed by atoms with Crippen molar-refractivity contribution in [1.82, 2.24) is 0 Å². The van der Waals surface area contributed by atoms with E-state index < -0.39 is 0 Å². The van der Waals surface area contributed by atoms with E-state index in [1.54, 1.807) is 12.1 Å². The molecule has 140 valence electrons. The summed E-state index contributed by atoms with van der Waals surface area (Å²) >= 11 is 0. The summed E-state index contributed by atoms with van der Waals surface area (Å²) < 4.78 is 11.9. The average molecular weight is 365 g/mol. The molecule has 5 heteroatoms. The molecule has 1 N–H and O–H groups in total. The van der Waals surface area contributed by atoms with Gasteiger partial charge in [0, 0.05) is 30.8 Å². The maximum atomic E-state index is 13.4. The first-order valence-corrected chi connectivity index (χ1v) is 9.46. The van der Waals surface area contributed by atoms with Crippen molar-refractivity contribution in [2.24, 2.45) is 0 Å². The normalized spacial score (nSPS) is 14.5. The second-order valence-electron chi connectivity index (χ2n) is 6.78. The first-order chi connectivity index (χ1) is 13.2. The Labute approximate surface area is 158 Å². The van der Waals surface area contributed by atoms with E-state index in [0.29, 0.717) is 40.3 Å². The standard InChI is InChI=1S/C22H23NO4/c1-2-26-17-13-16(24)14-18-19(17)20(21(25)15-9-5-3-6-10-15)22(27-18)23-11-7-4-8-12-23/h3,5-6,9-10,13-14,24H,2,4,7-8,11-12H2,1H3. The number of hydrogen-bond donors (Lipinski definition) is 1. The summed E-state index contributed by atoms with van der Waals surface area (Å²) in [5, 5.41) is 10.7. The summed E-state index contributed by atoms with van der Waals surface area (Å²) in [5.41, 5.74) is 1.59. The Kier molecular flexibility index (Phi) is 4.75.